The number of hydrogen-bond donors (Lipinski definition) is 1. The third-order valence-corrected chi connectivity index (χ3v) is 4.90. The second-order valence-electron chi connectivity index (χ2n) is 4.78. The molecule has 2 unspecified atom stereocenters. The number of thioether (sulfide) groups is 1. The van der Waals surface area contributed by atoms with Crippen molar-refractivity contribution in [1.29, 1.82) is 0 Å². The van der Waals surface area contributed by atoms with Crippen LogP contribution >= 0.6 is 11.8 Å². The average Bonchev–Trinajstić information content (AvgIpc) is 2.73. The SMILES string of the molecule is OC1CCc2nc(C3CCCCS3)cn2C1. The van der Waals surface area contributed by atoms with Crippen LogP contribution in [0.5, 0.6) is 0 Å². The molecule has 3 heterocycles. The third kappa shape index (κ3) is 2.00. The largest absolute Gasteiger partial charge is 0.391 e. The van der Waals surface area contributed by atoms with Crippen LogP contribution in [0.3, 0.4) is 0 Å². The smallest absolute Gasteiger partial charge is 0.109 e. The van der Waals surface area contributed by atoms with Gasteiger partial charge in [0.15, 0.2) is 0 Å². The van der Waals surface area contributed by atoms with Gasteiger partial charge in [0.05, 0.1) is 11.8 Å². The monoisotopic (exact) mass is 238 g/mol. The Morgan fingerprint density at radius 3 is 3.12 bits per heavy atom. The van der Waals surface area contributed by atoms with Crippen LogP contribution in [-0.4, -0.2) is 26.5 Å². The molecule has 1 fully saturated rings. The Morgan fingerprint density at radius 1 is 1.38 bits per heavy atom. The van der Waals surface area contributed by atoms with Crippen molar-refractivity contribution >= 4 is 11.8 Å². The summed E-state index contributed by atoms with van der Waals surface area (Å²) < 4.78 is 2.15. The van der Waals surface area contributed by atoms with Crippen LogP contribution in [0.1, 0.15) is 42.5 Å². The standard InChI is InChI=1S/C12H18N2OS/c15-9-4-5-12-13-10(8-14(12)7-9)11-3-1-2-6-16-11/h8-9,11,15H,1-7H2. The molecule has 88 valence electrons. The molecule has 0 saturated carbocycles. The van der Waals surface area contributed by atoms with E-state index in [0.717, 1.165) is 19.4 Å². The van der Waals surface area contributed by atoms with Gasteiger partial charge in [-0.3, -0.25) is 0 Å². The fraction of sp³-hybridized carbons (Fsp3) is 0.750. The molecule has 16 heavy (non-hydrogen) atoms. The van der Waals surface area contributed by atoms with Crippen molar-refractivity contribution in [3.63, 3.8) is 0 Å². The molecule has 2 atom stereocenters. The van der Waals surface area contributed by atoms with Crippen molar-refractivity contribution in [1.82, 2.24) is 9.55 Å². The molecular weight excluding hydrogens is 220 g/mol. The first-order valence-electron chi connectivity index (χ1n) is 6.18. The first kappa shape index (κ1) is 10.7. The lowest BCUT2D eigenvalue weighted by Gasteiger charge is -2.19. The van der Waals surface area contributed by atoms with Crippen molar-refractivity contribution in [2.24, 2.45) is 0 Å². The molecule has 0 aliphatic carbocycles. The zero-order valence-electron chi connectivity index (χ0n) is 9.43. The Kier molecular flexibility index (Phi) is 2.94. The van der Waals surface area contributed by atoms with Gasteiger partial charge in [0.25, 0.3) is 0 Å². The number of aliphatic hydroxyl groups is 1. The molecule has 3 nitrogen and oxygen atoms in total. The molecule has 2 aliphatic rings. The van der Waals surface area contributed by atoms with Gasteiger partial charge in [-0.25, -0.2) is 4.98 Å². The topological polar surface area (TPSA) is 38.1 Å². The molecule has 4 heteroatoms. The highest BCUT2D eigenvalue weighted by Gasteiger charge is 2.23. The molecule has 0 spiro atoms. The minimum Gasteiger partial charge on any atom is -0.391 e. The molecular formula is C12H18N2OS. The predicted octanol–water partition coefficient (Wildman–Crippen LogP) is 2.15. The van der Waals surface area contributed by atoms with Crippen LogP contribution in [0.15, 0.2) is 6.20 Å². The van der Waals surface area contributed by atoms with E-state index in [1.165, 1.54) is 36.5 Å². The van der Waals surface area contributed by atoms with Crippen molar-refractivity contribution in [2.75, 3.05) is 5.75 Å². The zero-order chi connectivity index (χ0) is 11.0. The normalized spacial score (nSPS) is 30.1. The van der Waals surface area contributed by atoms with Crippen molar-refractivity contribution in [3.05, 3.63) is 17.7 Å². The van der Waals surface area contributed by atoms with Gasteiger partial charge in [-0.05, 0) is 25.0 Å². The summed E-state index contributed by atoms with van der Waals surface area (Å²) in [4.78, 5) is 4.74. The minimum absolute atomic E-state index is 0.173. The van der Waals surface area contributed by atoms with Crippen molar-refractivity contribution in [2.45, 2.75) is 50.0 Å². The van der Waals surface area contributed by atoms with Gasteiger partial charge in [-0.1, -0.05) is 6.42 Å². The van der Waals surface area contributed by atoms with Gasteiger partial charge in [0.1, 0.15) is 5.82 Å². The number of nitrogens with zero attached hydrogens (tertiary/aromatic N) is 2. The first-order chi connectivity index (χ1) is 7.83. The molecule has 1 aromatic heterocycles. The van der Waals surface area contributed by atoms with E-state index in [1.807, 2.05) is 11.8 Å². The highest BCUT2D eigenvalue weighted by molar-refractivity contribution is 7.99. The van der Waals surface area contributed by atoms with E-state index in [9.17, 15) is 5.11 Å². The quantitative estimate of drug-likeness (QED) is 0.814. The van der Waals surface area contributed by atoms with E-state index in [4.69, 9.17) is 4.98 Å². The lowest BCUT2D eigenvalue weighted by atomic mass is 10.1. The van der Waals surface area contributed by atoms with Crippen LogP contribution < -0.4 is 0 Å². The van der Waals surface area contributed by atoms with Crippen LogP contribution in [-0.2, 0) is 13.0 Å². The Labute approximate surface area is 100 Å². The fourth-order valence-corrected chi connectivity index (χ4v) is 3.85. The van der Waals surface area contributed by atoms with Crippen molar-refractivity contribution in [3.8, 4) is 0 Å². The molecule has 1 N–H and O–H groups in total. The third-order valence-electron chi connectivity index (χ3n) is 3.50. The van der Waals surface area contributed by atoms with Crippen LogP contribution in [0.2, 0.25) is 0 Å². The predicted molar refractivity (Wildman–Crippen MR) is 65.6 cm³/mol. The summed E-state index contributed by atoms with van der Waals surface area (Å²) in [5.74, 6) is 2.45. The maximum Gasteiger partial charge on any atom is 0.109 e. The van der Waals surface area contributed by atoms with Gasteiger partial charge in [-0.2, -0.15) is 11.8 Å². The number of fused-ring (bicyclic) bond motifs is 1. The highest BCUT2D eigenvalue weighted by atomic mass is 32.2. The van der Waals surface area contributed by atoms with E-state index in [1.54, 1.807) is 0 Å². The Morgan fingerprint density at radius 2 is 2.31 bits per heavy atom. The van der Waals surface area contributed by atoms with E-state index < -0.39 is 0 Å². The molecule has 2 aliphatic heterocycles. The number of imidazole rings is 1. The lowest BCUT2D eigenvalue weighted by Crippen LogP contribution is -2.23. The second kappa shape index (κ2) is 4.41. The summed E-state index contributed by atoms with van der Waals surface area (Å²) in [7, 11) is 0. The van der Waals surface area contributed by atoms with Crippen LogP contribution in [0.25, 0.3) is 0 Å². The second-order valence-corrected chi connectivity index (χ2v) is 6.09. The number of hydrogen-bond acceptors (Lipinski definition) is 3. The van der Waals surface area contributed by atoms with E-state index >= 15 is 0 Å². The van der Waals surface area contributed by atoms with Crippen LogP contribution in [0, 0.1) is 0 Å². The van der Waals surface area contributed by atoms with E-state index in [0.29, 0.717) is 5.25 Å². The summed E-state index contributed by atoms with van der Waals surface area (Å²) in [6.07, 6.45) is 7.75. The maximum absolute atomic E-state index is 9.62. The molecule has 1 aromatic rings. The number of aromatic nitrogens is 2. The van der Waals surface area contributed by atoms with Gasteiger partial charge >= 0.3 is 0 Å². The Hall–Kier alpha value is -0.480. The van der Waals surface area contributed by atoms with E-state index in [2.05, 4.69) is 10.8 Å². The van der Waals surface area contributed by atoms with Gasteiger partial charge in [0, 0.05) is 24.4 Å². The molecule has 0 amide bonds. The molecule has 1 saturated heterocycles. The van der Waals surface area contributed by atoms with Crippen LogP contribution in [0.4, 0.5) is 0 Å². The first-order valence-corrected chi connectivity index (χ1v) is 7.23. The highest BCUT2D eigenvalue weighted by Crippen LogP contribution is 2.38. The number of aliphatic hydroxyl groups excluding tert-OH is 1. The van der Waals surface area contributed by atoms with Crippen molar-refractivity contribution < 1.29 is 5.11 Å². The Bertz CT molecular complexity index is 371. The maximum atomic E-state index is 9.62. The summed E-state index contributed by atoms with van der Waals surface area (Å²) in [5, 5.41) is 10.2. The fourth-order valence-electron chi connectivity index (χ4n) is 2.58. The number of aryl methyl sites for hydroxylation is 1. The summed E-state index contributed by atoms with van der Waals surface area (Å²) in [5.41, 5.74) is 1.24. The molecule has 0 aromatic carbocycles. The van der Waals surface area contributed by atoms with Gasteiger partial charge in [0.2, 0.25) is 0 Å². The molecule has 3 rings (SSSR count). The van der Waals surface area contributed by atoms with Gasteiger partial charge in [-0.15, -0.1) is 0 Å². The molecule has 0 bridgehead atoms. The summed E-state index contributed by atoms with van der Waals surface area (Å²) in [6.45, 7) is 0.736. The van der Waals surface area contributed by atoms with Gasteiger partial charge < -0.3 is 9.67 Å². The molecule has 0 radical (unpaired) electrons. The summed E-state index contributed by atoms with van der Waals surface area (Å²) in [6, 6.07) is 0. The minimum atomic E-state index is -0.173. The van der Waals surface area contributed by atoms with E-state index in [-0.39, 0.29) is 6.10 Å². The summed E-state index contributed by atoms with van der Waals surface area (Å²) >= 11 is 2.04. The average molecular weight is 238 g/mol. The number of rotatable bonds is 1. The zero-order valence-corrected chi connectivity index (χ0v) is 10.2. The lowest BCUT2D eigenvalue weighted by molar-refractivity contribution is 0.130. The Balaban J connectivity index is 1.80.